The van der Waals surface area contributed by atoms with Gasteiger partial charge in [-0.2, -0.15) is 4.31 Å². The van der Waals surface area contributed by atoms with Crippen molar-refractivity contribution in [3.63, 3.8) is 0 Å². The molecule has 0 N–H and O–H groups in total. The maximum absolute atomic E-state index is 12.6. The lowest BCUT2D eigenvalue weighted by atomic mass is 10.2. The second-order valence-corrected chi connectivity index (χ2v) is 7.89. The Bertz CT molecular complexity index is 990. The van der Waals surface area contributed by atoms with E-state index in [4.69, 9.17) is 4.74 Å². The molecular formula is C18H19F3N2O6S. The van der Waals surface area contributed by atoms with E-state index in [0.717, 1.165) is 22.5 Å². The van der Waals surface area contributed by atoms with Gasteiger partial charge in [0.25, 0.3) is 0 Å². The number of rotatable bonds is 9. The quantitative estimate of drug-likeness (QED) is 0.423. The number of hydrogen-bond donors (Lipinski definition) is 0. The van der Waals surface area contributed by atoms with Gasteiger partial charge >= 0.3 is 12.0 Å². The zero-order valence-corrected chi connectivity index (χ0v) is 16.9. The molecule has 12 heteroatoms. The molecule has 0 amide bonds. The molecule has 0 heterocycles. The van der Waals surface area contributed by atoms with E-state index in [1.54, 1.807) is 13.8 Å². The second kappa shape index (κ2) is 9.30. The van der Waals surface area contributed by atoms with E-state index >= 15 is 0 Å². The molecule has 0 atom stereocenters. The molecule has 0 aromatic heterocycles. The maximum atomic E-state index is 12.6. The number of halogens is 3. The number of alkyl halides is 3. The zero-order valence-electron chi connectivity index (χ0n) is 16.0. The van der Waals surface area contributed by atoms with Crippen molar-refractivity contribution in [2.24, 2.45) is 0 Å². The van der Waals surface area contributed by atoms with Gasteiger partial charge in [0.05, 0.1) is 9.82 Å². The fraction of sp³-hybridized carbons (Fsp3) is 0.333. The molecule has 8 nitrogen and oxygen atoms in total. The summed E-state index contributed by atoms with van der Waals surface area (Å²) in [5, 5.41) is 11.4. The molecule has 164 valence electrons. The number of nitro groups is 1. The minimum atomic E-state index is -4.81. The van der Waals surface area contributed by atoms with Crippen molar-refractivity contribution in [2.45, 2.75) is 31.7 Å². The molecule has 2 aromatic carbocycles. The third kappa shape index (κ3) is 5.83. The van der Waals surface area contributed by atoms with Crippen LogP contribution in [0.15, 0.2) is 47.4 Å². The first-order valence-corrected chi connectivity index (χ1v) is 10.2. The summed E-state index contributed by atoms with van der Waals surface area (Å²) < 4.78 is 72.0. The van der Waals surface area contributed by atoms with Gasteiger partial charge in [0.1, 0.15) is 12.4 Å². The monoisotopic (exact) mass is 448 g/mol. The Balaban J connectivity index is 2.21. The Labute approximate surface area is 171 Å². The molecule has 0 saturated carbocycles. The summed E-state index contributed by atoms with van der Waals surface area (Å²) in [6.45, 7) is 3.53. The largest absolute Gasteiger partial charge is 0.573 e. The van der Waals surface area contributed by atoms with Gasteiger partial charge in [-0.05, 0) is 29.8 Å². The summed E-state index contributed by atoms with van der Waals surface area (Å²) in [6, 6.07) is 8.09. The van der Waals surface area contributed by atoms with Gasteiger partial charge in [-0.15, -0.1) is 13.2 Å². The minimum Gasteiger partial charge on any atom is -0.482 e. The van der Waals surface area contributed by atoms with Gasteiger partial charge in [0.2, 0.25) is 10.0 Å². The Morgan fingerprint density at radius 3 is 2.17 bits per heavy atom. The van der Waals surface area contributed by atoms with E-state index in [1.807, 2.05) is 0 Å². The predicted octanol–water partition coefficient (Wildman–Crippen LogP) is 4.10. The van der Waals surface area contributed by atoms with E-state index in [-0.39, 0.29) is 30.3 Å². The van der Waals surface area contributed by atoms with E-state index in [9.17, 15) is 31.7 Å². The standard InChI is InChI=1S/C18H19F3N2O6S/c1-3-22(4-2)30(26,27)15-9-10-17(16(11-15)23(24)25)28-12-13-5-7-14(8-6-13)29-18(19,20)21/h5-11H,3-4,12H2,1-2H3. The average molecular weight is 448 g/mol. The summed E-state index contributed by atoms with van der Waals surface area (Å²) in [4.78, 5) is 10.4. The van der Waals surface area contributed by atoms with Crippen molar-refractivity contribution in [1.29, 1.82) is 0 Å². The van der Waals surface area contributed by atoms with Gasteiger partial charge in [0, 0.05) is 19.2 Å². The van der Waals surface area contributed by atoms with E-state index in [0.29, 0.717) is 5.56 Å². The number of hydrogen-bond acceptors (Lipinski definition) is 6. The highest BCUT2D eigenvalue weighted by molar-refractivity contribution is 7.89. The van der Waals surface area contributed by atoms with Crippen LogP contribution in [0.5, 0.6) is 11.5 Å². The second-order valence-electron chi connectivity index (χ2n) is 5.96. The Morgan fingerprint density at radius 2 is 1.67 bits per heavy atom. The van der Waals surface area contributed by atoms with Gasteiger partial charge < -0.3 is 9.47 Å². The van der Waals surface area contributed by atoms with Gasteiger partial charge in [-0.25, -0.2) is 8.42 Å². The van der Waals surface area contributed by atoms with Gasteiger partial charge in [-0.3, -0.25) is 10.1 Å². The maximum Gasteiger partial charge on any atom is 0.573 e. The van der Waals surface area contributed by atoms with Crippen molar-refractivity contribution >= 4 is 15.7 Å². The van der Waals surface area contributed by atoms with E-state index in [1.165, 1.54) is 24.3 Å². The number of ether oxygens (including phenoxy) is 2. The minimum absolute atomic E-state index is 0.172. The third-order valence-electron chi connectivity index (χ3n) is 4.02. The zero-order chi connectivity index (χ0) is 22.5. The summed E-state index contributed by atoms with van der Waals surface area (Å²) >= 11 is 0. The van der Waals surface area contributed by atoms with Crippen molar-refractivity contribution in [2.75, 3.05) is 13.1 Å². The Kier molecular flexibility index (Phi) is 7.26. The summed E-state index contributed by atoms with van der Waals surface area (Å²) in [5.41, 5.74) is -0.112. The van der Waals surface area contributed by atoms with Crippen LogP contribution in [0.3, 0.4) is 0 Å². The SMILES string of the molecule is CCN(CC)S(=O)(=O)c1ccc(OCc2ccc(OC(F)(F)F)cc2)c([N+](=O)[O-])c1. The molecule has 0 unspecified atom stereocenters. The lowest BCUT2D eigenvalue weighted by Gasteiger charge is -2.18. The smallest absolute Gasteiger partial charge is 0.482 e. The predicted molar refractivity (Wildman–Crippen MR) is 101 cm³/mol. The van der Waals surface area contributed by atoms with E-state index in [2.05, 4.69) is 4.74 Å². The van der Waals surface area contributed by atoms with Crippen molar-refractivity contribution < 1.29 is 36.0 Å². The third-order valence-corrected chi connectivity index (χ3v) is 6.07. The normalized spacial score (nSPS) is 12.1. The van der Waals surface area contributed by atoms with Crippen LogP contribution < -0.4 is 9.47 Å². The molecule has 0 aliphatic carbocycles. The number of nitrogens with zero attached hydrogens (tertiary/aromatic N) is 2. The molecule has 2 rings (SSSR count). The topological polar surface area (TPSA) is 99.0 Å². The van der Waals surface area contributed by atoms with Crippen molar-refractivity contribution in [1.82, 2.24) is 4.31 Å². The van der Waals surface area contributed by atoms with Crippen LogP contribution in [0.4, 0.5) is 18.9 Å². The van der Waals surface area contributed by atoms with Crippen LogP contribution in [-0.2, 0) is 16.6 Å². The highest BCUT2D eigenvalue weighted by Crippen LogP contribution is 2.32. The van der Waals surface area contributed by atoms with Crippen molar-refractivity contribution in [3.05, 3.63) is 58.1 Å². The number of nitro benzene ring substituents is 1. The van der Waals surface area contributed by atoms with Gasteiger partial charge in [-0.1, -0.05) is 26.0 Å². The summed E-state index contributed by atoms with van der Waals surface area (Å²) in [5.74, 6) is -0.586. The summed E-state index contributed by atoms with van der Waals surface area (Å²) in [7, 11) is -3.89. The molecule has 0 bridgehead atoms. The van der Waals surface area contributed by atoms with E-state index < -0.39 is 32.7 Å². The lowest BCUT2D eigenvalue weighted by molar-refractivity contribution is -0.386. The van der Waals surface area contributed by atoms with Crippen LogP contribution in [0.25, 0.3) is 0 Å². The Morgan fingerprint density at radius 1 is 1.07 bits per heavy atom. The molecule has 0 fully saturated rings. The molecule has 0 saturated heterocycles. The summed E-state index contributed by atoms with van der Waals surface area (Å²) in [6.07, 6.45) is -4.81. The highest BCUT2D eigenvalue weighted by atomic mass is 32.2. The fourth-order valence-corrected chi connectivity index (χ4v) is 4.06. The molecule has 0 aliphatic rings. The first kappa shape index (κ1) is 23.4. The van der Waals surface area contributed by atoms with Crippen LogP contribution in [0.2, 0.25) is 0 Å². The molecule has 0 aliphatic heterocycles. The molecule has 0 spiro atoms. The fourth-order valence-electron chi connectivity index (χ4n) is 2.58. The van der Waals surface area contributed by atoms with Crippen LogP contribution >= 0.6 is 0 Å². The molecular weight excluding hydrogens is 429 g/mol. The van der Waals surface area contributed by atoms with Gasteiger partial charge in [0.15, 0.2) is 5.75 Å². The van der Waals surface area contributed by atoms with Crippen LogP contribution in [-0.4, -0.2) is 37.1 Å². The molecule has 30 heavy (non-hydrogen) atoms. The van der Waals surface area contributed by atoms with Crippen LogP contribution in [0.1, 0.15) is 19.4 Å². The highest BCUT2D eigenvalue weighted by Gasteiger charge is 2.31. The first-order valence-electron chi connectivity index (χ1n) is 8.74. The number of sulfonamides is 1. The van der Waals surface area contributed by atoms with Crippen molar-refractivity contribution in [3.8, 4) is 11.5 Å². The lowest BCUT2D eigenvalue weighted by Crippen LogP contribution is -2.30. The first-order chi connectivity index (χ1) is 14.0. The average Bonchev–Trinajstić information content (AvgIpc) is 2.66. The Hall–Kier alpha value is -2.86. The number of benzene rings is 2. The van der Waals surface area contributed by atoms with Crippen LogP contribution in [0, 0.1) is 10.1 Å². The molecule has 0 radical (unpaired) electrons. The molecule has 2 aromatic rings.